The second-order valence-corrected chi connectivity index (χ2v) is 13.0. The van der Waals surface area contributed by atoms with Crippen LogP contribution in [0.15, 0.2) is 114 Å². The zero-order chi connectivity index (χ0) is 32.4. The van der Waals surface area contributed by atoms with Gasteiger partial charge >= 0.3 is 0 Å². The molecular weight excluding hydrogens is 610 g/mol. The van der Waals surface area contributed by atoms with E-state index in [9.17, 15) is 18.0 Å². The minimum atomic E-state index is -4.29. The van der Waals surface area contributed by atoms with E-state index in [1.54, 1.807) is 30.3 Å². The Bertz CT molecular complexity index is 1670. The molecule has 0 aliphatic carbocycles. The van der Waals surface area contributed by atoms with E-state index < -0.39 is 28.5 Å². The SMILES string of the molecule is CC[C@H](C)NC(=O)[C@H](Cc1ccccc1)N(Cc1ccccc1)C(=O)CN(c1cc(Cl)ccc1OC)S(=O)(=O)c1ccccc1. The Morgan fingerprint density at radius 3 is 2.02 bits per heavy atom. The molecule has 4 rings (SSSR count). The molecule has 0 unspecified atom stereocenters. The molecular formula is C35H38ClN3O5S. The molecule has 0 aliphatic heterocycles. The average molecular weight is 648 g/mol. The maximum atomic E-state index is 14.6. The van der Waals surface area contributed by atoms with Gasteiger partial charge in [-0.2, -0.15) is 0 Å². The quantitative estimate of drug-likeness (QED) is 0.179. The lowest BCUT2D eigenvalue weighted by molar-refractivity contribution is -0.140. The summed E-state index contributed by atoms with van der Waals surface area (Å²) >= 11 is 6.34. The lowest BCUT2D eigenvalue weighted by atomic mass is 10.0. The Kier molecular flexibility index (Phi) is 11.6. The van der Waals surface area contributed by atoms with E-state index in [4.69, 9.17) is 16.3 Å². The molecule has 4 aromatic rings. The van der Waals surface area contributed by atoms with Crippen LogP contribution in [0.5, 0.6) is 5.75 Å². The van der Waals surface area contributed by atoms with E-state index in [1.165, 1.54) is 30.2 Å². The van der Waals surface area contributed by atoms with Crippen molar-refractivity contribution in [1.29, 1.82) is 0 Å². The van der Waals surface area contributed by atoms with Gasteiger partial charge in [-0.05, 0) is 54.8 Å². The summed E-state index contributed by atoms with van der Waals surface area (Å²) in [4.78, 5) is 29.9. The second kappa shape index (κ2) is 15.6. The highest BCUT2D eigenvalue weighted by molar-refractivity contribution is 7.92. The van der Waals surface area contributed by atoms with Crippen molar-refractivity contribution in [2.75, 3.05) is 18.0 Å². The van der Waals surface area contributed by atoms with Crippen LogP contribution < -0.4 is 14.4 Å². The molecule has 0 aromatic heterocycles. The number of sulfonamides is 1. The maximum Gasteiger partial charge on any atom is 0.264 e. The number of hydrogen-bond acceptors (Lipinski definition) is 5. The van der Waals surface area contributed by atoms with Crippen LogP contribution in [0.3, 0.4) is 0 Å². The van der Waals surface area contributed by atoms with Gasteiger partial charge in [0.15, 0.2) is 0 Å². The minimum absolute atomic E-state index is 0.00946. The van der Waals surface area contributed by atoms with E-state index in [-0.39, 0.29) is 46.3 Å². The summed E-state index contributed by atoms with van der Waals surface area (Å²) in [5.41, 5.74) is 1.75. The Hall–Kier alpha value is -4.34. The number of nitrogens with zero attached hydrogens (tertiary/aromatic N) is 2. The molecule has 1 N–H and O–H groups in total. The van der Waals surface area contributed by atoms with E-state index >= 15 is 0 Å². The lowest BCUT2D eigenvalue weighted by Gasteiger charge is -2.34. The van der Waals surface area contributed by atoms with Gasteiger partial charge in [0.1, 0.15) is 18.3 Å². The zero-order valence-electron chi connectivity index (χ0n) is 25.6. The van der Waals surface area contributed by atoms with Gasteiger partial charge in [-0.1, -0.05) is 97.4 Å². The fourth-order valence-electron chi connectivity index (χ4n) is 4.87. The van der Waals surface area contributed by atoms with Gasteiger partial charge in [0, 0.05) is 24.0 Å². The van der Waals surface area contributed by atoms with Gasteiger partial charge < -0.3 is 15.0 Å². The predicted molar refractivity (Wildman–Crippen MR) is 178 cm³/mol. The van der Waals surface area contributed by atoms with Crippen LogP contribution >= 0.6 is 11.6 Å². The first-order valence-corrected chi connectivity index (χ1v) is 16.5. The normalized spacial score (nSPS) is 12.5. The first-order chi connectivity index (χ1) is 21.6. The molecule has 236 valence electrons. The molecule has 10 heteroatoms. The summed E-state index contributed by atoms with van der Waals surface area (Å²) in [6.45, 7) is 3.34. The molecule has 0 aliphatic rings. The molecule has 0 saturated heterocycles. The van der Waals surface area contributed by atoms with Gasteiger partial charge in [-0.25, -0.2) is 8.42 Å². The average Bonchev–Trinajstić information content (AvgIpc) is 3.06. The third-order valence-corrected chi connectivity index (χ3v) is 9.50. The summed E-state index contributed by atoms with van der Waals surface area (Å²) in [6, 6.07) is 30.1. The van der Waals surface area contributed by atoms with Crippen LogP contribution in [0.2, 0.25) is 5.02 Å². The van der Waals surface area contributed by atoms with Crippen molar-refractivity contribution < 1.29 is 22.7 Å². The summed E-state index contributed by atoms with van der Waals surface area (Å²) in [5, 5.41) is 3.30. The molecule has 4 aromatic carbocycles. The number of rotatable bonds is 14. The van der Waals surface area contributed by atoms with Crippen molar-refractivity contribution >= 4 is 39.1 Å². The minimum Gasteiger partial charge on any atom is -0.495 e. The molecule has 2 amide bonds. The molecule has 0 saturated carbocycles. The smallest absolute Gasteiger partial charge is 0.264 e. The summed E-state index contributed by atoms with van der Waals surface area (Å²) in [5.74, 6) is -0.674. The largest absolute Gasteiger partial charge is 0.495 e. The van der Waals surface area contributed by atoms with Crippen LogP contribution in [0.4, 0.5) is 5.69 Å². The van der Waals surface area contributed by atoms with Crippen molar-refractivity contribution in [2.45, 2.75) is 50.2 Å². The van der Waals surface area contributed by atoms with Crippen LogP contribution in [0.1, 0.15) is 31.4 Å². The number of ether oxygens (including phenoxy) is 1. The number of nitrogens with one attached hydrogen (secondary N) is 1. The van der Waals surface area contributed by atoms with Crippen LogP contribution in [-0.2, 0) is 32.6 Å². The second-order valence-electron chi connectivity index (χ2n) is 10.7. The highest BCUT2D eigenvalue weighted by Crippen LogP contribution is 2.35. The molecule has 2 atom stereocenters. The van der Waals surface area contributed by atoms with Crippen LogP contribution in [-0.4, -0.2) is 50.9 Å². The van der Waals surface area contributed by atoms with Crippen molar-refractivity contribution in [1.82, 2.24) is 10.2 Å². The molecule has 8 nitrogen and oxygen atoms in total. The lowest BCUT2D eigenvalue weighted by Crippen LogP contribution is -2.54. The summed E-state index contributed by atoms with van der Waals surface area (Å²) in [7, 11) is -2.87. The zero-order valence-corrected chi connectivity index (χ0v) is 27.2. The number of hydrogen-bond donors (Lipinski definition) is 1. The van der Waals surface area contributed by atoms with Gasteiger partial charge in [0.25, 0.3) is 10.0 Å². The van der Waals surface area contributed by atoms with Crippen molar-refractivity contribution in [3.8, 4) is 5.75 Å². The number of amides is 2. The standard InChI is InChI=1S/C35H38ClN3O5S/c1-4-26(2)37-35(41)32(22-27-14-8-5-9-15-27)38(24-28-16-10-6-11-17-28)34(40)25-39(31-23-29(36)20-21-33(31)44-3)45(42,43)30-18-12-7-13-19-30/h5-21,23,26,32H,4,22,24-25H2,1-3H3,(H,37,41)/t26-,32-/m0/s1. The van der Waals surface area contributed by atoms with E-state index in [1.807, 2.05) is 74.5 Å². The highest BCUT2D eigenvalue weighted by Gasteiger charge is 2.36. The molecule has 0 bridgehead atoms. The monoisotopic (exact) mass is 647 g/mol. The summed E-state index contributed by atoms with van der Waals surface area (Å²) in [6.07, 6.45) is 0.932. The van der Waals surface area contributed by atoms with Crippen molar-refractivity contribution in [3.05, 3.63) is 125 Å². The molecule has 45 heavy (non-hydrogen) atoms. The number of halogens is 1. The summed E-state index contributed by atoms with van der Waals surface area (Å²) < 4.78 is 34.9. The van der Waals surface area contributed by atoms with Crippen LogP contribution in [0.25, 0.3) is 0 Å². The van der Waals surface area contributed by atoms with Crippen molar-refractivity contribution in [2.24, 2.45) is 0 Å². The predicted octanol–water partition coefficient (Wildman–Crippen LogP) is 6.10. The number of benzene rings is 4. The van der Waals surface area contributed by atoms with Crippen LogP contribution in [0, 0.1) is 0 Å². The molecule has 0 fully saturated rings. The van der Waals surface area contributed by atoms with Gasteiger partial charge in [-0.15, -0.1) is 0 Å². The molecule has 0 radical (unpaired) electrons. The first kappa shape index (κ1) is 33.6. The number of carbonyl (C=O) groups is 2. The highest BCUT2D eigenvalue weighted by atomic mass is 35.5. The number of methoxy groups -OCH3 is 1. The van der Waals surface area contributed by atoms with E-state index in [2.05, 4.69) is 5.32 Å². The Morgan fingerprint density at radius 1 is 0.867 bits per heavy atom. The van der Waals surface area contributed by atoms with E-state index in [0.717, 1.165) is 15.4 Å². The van der Waals surface area contributed by atoms with Gasteiger partial charge in [-0.3, -0.25) is 13.9 Å². The third-order valence-electron chi connectivity index (χ3n) is 7.49. The number of anilines is 1. The molecule has 0 spiro atoms. The first-order valence-electron chi connectivity index (χ1n) is 14.7. The molecule has 0 heterocycles. The Balaban J connectivity index is 1.83. The van der Waals surface area contributed by atoms with Gasteiger partial charge in [0.2, 0.25) is 11.8 Å². The third kappa shape index (κ3) is 8.65. The van der Waals surface area contributed by atoms with Crippen molar-refractivity contribution in [3.63, 3.8) is 0 Å². The fraction of sp³-hybridized carbons (Fsp3) is 0.257. The maximum absolute atomic E-state index is 14.6. The Morgan fingerprint density at radius 2 is 1.44 bits per heavy atom. The number of carbonyl (C=O) groups excluding carboxylic acids is 2. The van der Waals surface area contributed by atoms with E-state index in [0.29, 0.717) is 6.42 Å². The van der Waals surface area contributed by atoms with Gasteiger partial charge in [0.05, 0.1) is 17.7 Å². The topological polar surface area (TPSA) is 96.0 Å². The fourth-order valence-corrected chi connectivity index (χ4v) is 6.47. The Labute approximate surface area is 270 Å².